The van der Waals surface area contributed by atoms with Crippen molar-refractivity contribution in [3.05, 3.63) is 34.1 Å². The molecule has 0 aliphatic heterocycles. The van der Waals surface area contributed by atoms with Gasteiger partial charge in [-0.2, -0.15) is 0 Å². The van der Waals surface area contributed by atoms with E-state index in [-0.39, 0.29) is 5.82 Å². The Morgan fingerprint density at radius 1 is 1.46 bits per heavy atom. The highest BCUT2D eigenvalue weighted by Crippen LogP contribution is 2.15. The van der Waals surface area contributed by atoms with E-state index in [4.69, 9.17) is 5.73 Å². The highest BCUT2D eigenvalue weighted by Gasteiger charge is 1.97. The number of benzene rings is 1. The first-order chi connectivity index (χ1) is 6.24. The molecule has 0 atom stereocenters. The molecule has 1 rings (SSSR count). The lowest BCUT2D eigenvalue weighted by Gasteiger charge is -1.93. The van der Waals surface area contributed by atoms with Crippen molar-refractivity contribution >= 4 is 15.9 Å². The number of halogens is 2. The molecule has 0 spiro atoms. The maximum atomic E-state index is 12.8. The van der Waals surface area contributed by atoms with Crippen LogP contribution in [0.5, 0.6) is 0 Å². The summed E-state index contributed by atoms with van der Waals surface area (Å²) >= 11 is 3.09. The van der Waals surface area contributed by atoms with Crippen LogP contribution in [-0.2, 0) is 0 Å². The van der Waals surface area contributed by atoms with E-state index in [9.17, 15) is 4.39 Å². The Kier molecular flexibility index (Phi) is 3.94. The molecule has 0 amide bonds. The summed E-state index contributed by atoms with van der Waals surface area (Å²) < 4.78 is 13.2. The van der Waals surface area contributed by atoms with Crippen molar-refractivity contribution in [3.63, 3.8) is 0 Å². The summed E-state index contributed by atoms with van der Waals surface area (Å²) in [6.07, 6.45) is 0.662. The van der Waals surface area contributed by atoms with Gasteiger partial charge in [0, 0.05) is 18.5 Å². The van der Waals surface area contributed by atoms with Crippen molar-refractivity contribution in [2.24, 2.45) is 5.73 Å². The third kappa shape index (κ3) is 3.17. The predicted octanol–water partition coefficient (Wildman–Crippen LogP) is 2.29. The van der Waals surface area contributed by atoms with Crippen LogP contribution in [-0.4, -0.2) is 6.54 Å². The molecule has 68 valence electrons. The Hall–Kier alpha value is -0.850. The summed E-state index contributed by atoms with van der Waals surface area (Å²) in [7, 11) is 0. The van der Waals surface area contributed by atoms with Crippen LogP contribution in [0.1, 0.15) is 12.0 Å². The van der Waals surface area contributed by atoms with Gasteiger partial charge >= 0.3 is 0 Å². The van der Waals surface area contributed by atoms with Gasteiger partial charge in [-0.3, -0.25) is 0 Å². The molecule has 13 heavy (non-hydrogen) atoms. The standard InChI is InChI=1S/C10H9BrFN/c11-9-7-8(3-1-2-6-13)4-5-10(9)12/h4-5,7H,2,6,13H2. The molecule has 0 aliphatic rings. The van der Waals surface area contributed by atoms with Gasteiger partial charge in [-0.1, -0.05) is 11.8 Å². The van der Waals surface area contributed by atoms with Gasteiger partial charge < -0.3 is 5.73 Å². The van der Waals surface area contributed by atoms with Crippen LogP contribution in [0, 0.1) is 17.7 Å². The topological polar surface area (TPSA) is 26.0 Å². The van der Waals surface area contributed by atoms with Crippen molar-refractivity contribution in [2.75, 3.05) is 6.54 Å². The molecule has 0 unspecified atom stereocenters. The Bertz CT molecular complexity index is 352. The third-order valence-electron chi connectivity index (χ3n) is 1.42. The molecule has 1 nitrogen and oxygen atoms in total. The Morgan fingerprint density at radius 2 is 2.23 bits per heavy atom. The lowest BCUT2D eigenvalue weighted by Crippen LogP contribution is -1.95. The minimum Gasteiger partial charge on any atom is -0.330 e. The molecule has 0 aliphatic carbocycles. The van der Waals surface area contributed by atoms with Gasteiger partial charge in [0.1, 0.15) is 5.82 Å². The lowest BCUT2D eigenvalue weighted by atomic mass is 10.2. The second-order valence-corrected chi connectivity index (χ2v) is 3.32. The summed E-state index contributed by atoms with van der Waals surface area (Å²) in [6, 6.07) is 4.68. The molecule has 1 aromatic carbocycles. The maximum Gasteiger partial charge on any atom is 0.137 e. The highest BCUT2D eigenvalue weighted by molar-refractivity contribution is 9.10. The molecule has 0 fully saturated rings. The van der Waals surface area contributed by atoms with Gasteiger partial charge in [0.05, 0.1) is 4.47 Å². The fraction of sp³-hybridized carbons (Fsp3) is 0.200. The normalized spacial score (nSPS) is 9.15. The van der Waals surface area contributed by atoms with Crippen LogP contribution in [0.2, 0.25) is 0 Å². The first-order valence-electron chi connectivity index (χ1n) is 3.88. The van der Waals surface area contributed by atoms with Gasteiger partial charge in [0.25, 0.3) is 0 Å². The molecule has 1 aromatic rings. The van der Waals surface area contributed by atoms with Gasteiger partial charge in [0.15, 0.2) is 0 Å². The molecular weight excluding hydrogens is 233 g/mol. The van der Waals surface area contributed by atoms with Crippen LogP contribution >= 0.6 is 15.9 Å². The zero-order valence-corrected chi connectivity index (χ0v) is 8.57. The van der Waals surface area contributed by atoms with Crippen LogP contribution in [0.3, 0.4) is 0 Å². The monoisotopic (exact) mass is 241 g/mol. The number of hydrogen-bond donors (Lipinski definition) is 1. The molecule has 0 bridgehead atoms. The fourth-order valence-electron chi connectivity index (χ4n) is 0.811. The Morgan fingerprint density at radius 3 is 2.85 bits per heavy atom. The molecule has 0 aromatic heterocycles. The van der Waals surface area contributed by atoms with Crippen LogP contribution in [0.15, 0.2) is 22.7 Å². The zero-order chi connectivity index (χ0) is 9.68. The number of nitrogens with two attached hydrogens (primary N) is 1. The van der Waals surface area contributed by atoms with E-state index < -0.39 is 0 Å². The zero-order valence-electron chi connectivity index (χ0n) is 6.98. The summed E-state index contributed by atoms with van der Waals surface area (Å²) in [6.45, 7) is 0.551. The van der Waals surface area contributed by atoms with Crippen molar-refractivity contribution in [3.8, 4) is 11.8 Å². The highest BCUT2D eigenvalue weighted by atomic mass is 79.9. The first-order valence-corrected chi connectivity index (χ1v) is 4.67. The maximum absolute atomic E-state index is 12.8. The lowest BCUT2D eigenvalue weighted by molar-refractivity contribution is 0.621. The number of rotatable bonds is 1. The molecule has 3 heteroatoms. The van der Waals surface area contributed by atoms with Gasteiger partial charge in [-0.25, -0.2) is 4.39 Å². The molecule has 0 radical (unpaired) electrons. The SMILES string of the molecule is NCCC#Cc1ccc(F)c(Br)c1. The fourth-order valence-corrected chi connectivity index (χ4v) is 1.19. The van der Waals surface area contributed by atoms with E-state index in [0.29, 0.717) is 17.4 Å². The third-order valence-corrected chi connectivity index (χ3v) is 2.03. The summed E-state index contributed by atoms with van der Waals surface area (Å²) in [5, 5.41) is 0. The Labute approximate surface area is 85.3 Å². The average molecular weight is 242 g/mol. The summed E-state index contributed by atoms with van der Waals surface area (Å²) in [4.78, 5) is 0. The van der Waals surface area contributed by atoms with Crippen molar-refractivity contribution in [1.82, 2.24) is 0 Å². The molecular formula is C10H9BrFN. The van der Waals surface area contributed by atoms with Gasteiger partial charge in [0.2, 0.25) is 0 Å². The quantitative estimate of drug-likeness (QED) is 0.751. The van der Waals surface area contributed by atoms with E-state index in [1.165, 1.54) is 6.07 Å². The Balaban J connectivity index is 2.81. The van der Waals surface area contributed by atoms with E-state index >= 15 is 0 Å². The van der Waals surface area contributed by atoms with Crippen LogP contribution in [0.25, 0.3) is 0 Å². The molecule has 0 saturated heterocycles. The van der Waals surface area contributed by atoms with Crippen molar-refractivity contribution in [2.45, 2.75) is 6.42 Å². The van der Waals surface area contributed by atoms with Crippen molar-refractivity contribution in [1.29, 1.82) is 0 Å². The molecule has 0 heterocycles. The van der Waals surface area contributed by atoms with Gasteiger partial charge in [-0.05, 0) is 34.1 Å². The molecule has 2 N–H and O–H groups in total. The second-order valence-electron chi connectivity index (χ2n) is 2.47. The predicted molar refractivity (Wildman–Crippen MR) is 54.6 cm³/mol. The minimum atomic E-state index is -0.274. The summed E-state index contributed by atoms with van der Waals surface area (Å²) in [5.41, 5.74) is 6.07. The first kappa shape index (κ1) is 10.2. The van der Waals surface area contributed by atoms with Crippen molar-refractivity contribution < 1.29 is 4.39 Å². The minimum absolute atomic E-state index is 0.274. The van der Waals surface area contributed by atoms with E-state index in [1.54, 1.807) is 12.1 Å². The van der Waals surface area contributed by atoms with Crippen LogP contribution in [0.4, 0.5) is 4.39 Å². The van der Waals surface area contributed by atoms with Gasteiger partial charge in [-0.15, -0.1) is 0 Å². The molecule has 0 saturated carbocycles. The van der Waals surface area contributed by atoms with E-state index in [0.717, 1.165) is 5.56 Å². The smallest absolute Gasteiger partial charge is 0.137 e. The average Bonchev–Trinajstić information content (AvgIpc) is 2.12. The van der Waals surface area contributed by atoms with Crippen LogP contribution < -0.4 is 5.73 Å². The number of hydrogen-bond acceptors (Lipinski definition) is 1. The summed E-state index contributed by atoms with van der Waals surface area (Å²) in [5.74, 6) is 5.49. The van der Waals surface area contributed by atoms with E-state index in [2.05, 4.69) is 27.8 Å². The second kappa shape index (κ2) is 5.00. The largest absolute Gasteiger partial charge is 0.330 e. The van der Waals surface area contributed by atoms with E-state index in [1.807, 2.05) is 0 Å².